The second kappa shape index (κ2) is 7.49. The van der Waals surface area contributed by atoms with Crippen LogP contribution in [0.1, 0.15) is 41.7 Å². The Morgan fingerprint density at radius 1 is 1.19 bits per heavy atom. The van der Waals surface area contributed by atoms with Gasteiger partial charge in [0.1, 0.15) is 5.69 Å². The SMILES string of the molecule is O=C(NC1CCCC1)c1ccnc(Nc2ccc(Cl)c(C(F)(F)F)c2)n1. The number of nitrogens with one attached hydrogen (secondary N) is 2. The first kappa shape index (κ1) is 18.4. The van der Waals surface area contributed by atoms with Crippen molar-refractivity contribution >= 4 is 29.1 Å². The molecule has 5 nitrogen and oxygen atoms in total. The summed E-state index contributed by atoms with van der Waals surface area (Å²) in [5.41, 5.74) is -0.686. The minimum atomic E-state index is -4.57. The van der Waals surface area contributed by atoms with Gasteiger partial charge in [-0.1, -0.05) is 24.4 Å². The Kier molecular flexibility index (Phi) is 5.31. The van der Waals surface area contributed by atoms with Crippen LogP contribution >= 0.6 is 11.6 Å². The highest BCUT2D eigenvalue weighted by molar-refractivity contribution is 6.31. The molecule has 0 bridgehead atoms. The molecule has 0 saturated heterocycles. The number of alkyl halides is 3. The van der Waals surface area contributed by atoms with E-state index in [1.54, 1.807) is 0 Å². The molecule has 138 valence electrons. The molecule has 1 amide bonds. The maximum Gasteiger partial charge on any atom is 0.417 e. The van der Waals surface area contributed by atoms with Crippen molar-refractivity contribution in [1.82, 2.24) is 15.3 Å². The van der Waals surface area contributed by atoms with Gasteiger partial charge in [0.05, 0.1) is 10.6 Å². The van der Waals surface area contributed by atoms with Crippen molar-refractivity contribution in [3.05, 3.63) is 46.7 Å². The lowest BCUT2D eigenvalue weighted by Crippen LogP contribution is -2.33. The van der Waals surface area contributed by atoms with E-state index in [-0.39, 0.29) is 29.3 Å². The fraction of sp³-hybridized carbons (Fsp3) is 0.353. The van der Waals surface area contributed by atoms with Gasteiger partial charge in [-0.3, -0.25) is 4.79 Å². The number of hydrogen-bond donors (Lipinski definition) is 2. The molecule has 0 atom stereocenters. The van der Waals surface area contributed by atoms with Gasteiger partial charge >= 0.3 is 6.18 Å². The molecule has 26 heavy (non-hydrogen) atoms. The summed E-state index contributed by atoms with van der Waals surface area (Å²) < 4.78 is 38.8. The maximum atomic E-state index is 12.9. The normalized spacial score (nSPS) is 15.1. The van der Waals surface area contributed by atoms with Crippen LogP contribution in [0, 0.1) is 0 Å². The van der Waals surface area contributed by atoms with E-state index in [2.05, 4.69) is 20.6 Å². The zero-order chi connectivity index (χ0) is 18.7. The predicted molar refractivity (Wildman–Crippen MR) is 91.5 cm³/mol. The zero-order valence-corrected chi connectivity index (χ0v) is 14.4. The molecule has 0 unspecified atom stereocenters. The topological polar surface area (TPSA) is 66.9 Å². The summed E-state index contributed by atoms with van der Waals surface area (Å²) in [6, 6.07) is 4.99. The van der Waals surface area contributed by atoms with Gasteiger partial charge in [0.15, 0.2) is 0 Å². The van der Waals surface area contributed by atoms with E-state index in [1.807, 2.05) is 0 Å². The van der Waals surface area contributed by atoms with E-state index in [0.29, 0.717) is 0 Å². The van der Waals surface area contributed by atoms with E-state index in [9.17, 15) is 18.0 Å². The lowest BCUT2D eigenvalue weighted by molar-refractivity contribution is -0.137. The Labute approximate surface area is 153 Å². The van der Waals surface area contributed by atoms with Crippen LogP contribution in [0.4, 0.5) is 24.8 Å². The van der Waals surface area contributed by atoms with Crippen molar-refractivity contribution in [2.24, 2.45) is 0 Å². The largest absolute Gasteiger partial charge is 0.417 e. The summed E-state index contributed by atoms with van der Waals surface area (Å²) in [6.45, 7) is 0. The fourth-order valence-electron chi connectivity index (χ4n) is 2.82. The van der Waals surface area contributed by atoms with Crippen LogP contribution in [0.15, 0.2) is 30.5 Å². The summed E-state index contributed by atoms with van der Waals surface area (Å²) >= 11 is 5.60. The smallest absolute Gasteiger partial charge is 0.348 e. The number of hydrogen-bond acceptors (Lipinski definition) is 4. The highest BCUT2D eigenvalue weighted by Gasteiger charge is 2.33. The number of carbonyl (C=O) groups is 1. The third-order valence-corrected chi connectivity index (χ3v) is 4.44. The quantitative estimate of drug-likeness (QED) is 0.810. The van der Waals surface area contributed by atoms with Crippen LogP contribution in [0.3, 0.4) is 0 Å². The first-order chi connectivity index (χ1) is 12.3. The minimum Gasteiger partial charge on any atom is -0.348 e. The summed E-state index contributed by atoms with van der Waals surface area (Å²) in [5.74, 6) is -0.297. The van der Waals surface area contributed by atoms with Crippen molar-refractivity contribution in [3.63, 3.8) is 0 Å². The highest BCUT2D eigenvalue weighted by atomic mass is 35.5. The molecular weight excluding hydrogens is 369 g/mol. The number of anilines is 2. The molecule has 1 aromatic carbocycles. The zero-order valence-electron chi connectivity index (χ0n) is 13.6. The van der Waals surface area contributed by atoms with Gasteiger partial charge in [0, 0.05) is 17.9 Å². The van der Waals surface area contributed by atoms with E-state index in [1.165, 1.54) is 18.3 Å². The van der Waals surface area contributed by atoms with Crippen molar-refractivity contribution in [2.75, 3.05) is 5.32 Å². The van der Waals surface area contributed by atoms with Crippen LogP contribution in [0.2, 0.25) is 5.02 Å². The van der Waals surface area contributed by atoms with Crippen molar-refractivity contribution in [1.29, 1.82) is 0 Å². The van der Waals surface area contributed by atoms with Gasteiger partial charge in [-0.25, -0.2) is 9.97 Å². The van der Waals surface area contributed by atoms with Crippen molar-refractivity contribution in [2.45, 2.75) is 37.9 Å². The maximum absolute atomic E-state index is 12.9. The molecule has 1 heterocycles. The van der Waals surface area contributed by atoms with Crippen molar-refractivity contribution in [3.8, 4) is 0 Å². The molecule has 1 aromatic heterocycles. The number of nitrogens with zero attached hydrogens (tertiary/aromatic N) is 2. The molecule has 9 heteroatoms. The Morgan fingerprint density at radius 2 is 1.92 bits per heavy atom. The van der Waals surface area contributed by atoms with E-state index in [0.717, 1.165) is 37.8 Å². The second-order valence-corrected chi connectivity index (χ2v) is 6.44. The first-order valence-electron chi connectivity index (χ1n) is 8.10. The van der Waals surface area contributed by atoms with Crippen LogP contribution in [-0.4, -0.2) is 21.9 Å². The molecule has 1 fully saturated rings. The number of carbonyl (C=O) groups excluding carboxylic acids is 1. The van der Waals surface area contributed by atoms with Crippen LogP contribution in [0.5, 0.6) is 0 Å². The third-order valence-electron chi connectivity index (χ3n) is 4.11. The van der Waals surface area contributed by atoms with Gasteiger partial charge in [-0.15, -0.1) is 0 Å². The monoisotopic (exact) mass is 384 g/mol. The molecule has 3 rings (SSSR count). The van der Waals surface area contributed by atoms with Crippen LogP contribution in [0.25, 0.3) is 0 Å². The molecule has 1 saturated carbocycles. The number of halogens is 4. The highest BCUT2D eigenvalue weighted by Crippen LogP contribution is 2.36. The van der Waals surface area contributed by atoms with Crippen LogP contribution < -0.4 is 10.6 Å². The molecule has 0 spiro atoms. The molecule has 2 aromatic rings. The summed E-state index contributed by atoms with van der Waals surface area (Å²) in [7, 11) is 0. The van der Waals surface area contributed by atoms with E-state index < -0.39 is 16.8 Å². The molecular formula is C17H16ClF3N4O. The van der Waals surface area contributed by atoms with Gasteiger partial charge in [-0.2, -0.15) is 13.2 Å². The third kappa shape index (κ3) is 4.43. The lowest BCUT2D eigenvalue weighted by atomic mass is 10.2. The Balaban J connectivity index is 1.75. The predicted octanol–water partition coefficient (Wildman–Crippen LogP) is 4.56. The Bertz CT molecular complexity index is 807. The average molecular weight is 385 g/mol. The standard InChI is InChI=1S/C17H16ClF3N4O/c18-13-6-5-11(9-12(13)17(19,20)21)24-16-22-8-7-14(25-16)15(26)23-10-3-1-2-4-10/h5-10H,1-4H2,(H,23,26)(H,22,24,25). The van der Waals surface area contributed by atoms with E-state index >= 15 is 0 Å². The molecule has 2 N–H and O–H groups in total. The average Bonchev–Trinajstić information content (AvgIpc) is 3.09. The van der Waals surface area contributed by atoms with Gasteiger partial charge < -0.3 is 10.6 Å². The Hall–Kier alpha value is -2.35. The molecule has 0 aliphatic heterocycles. The summed E-state index contributed by atoms with van der Waals surface area (Å²) in [4.78, 5) is 20.3. The van der Waals surface area contributed by atoms with E-state index in [4.69, 9.17) is 11.6 Å². The van der Waals surface area contributed by atoms with Gasteiger partial charge in [0.25, 0.3) is 5.91 Å². The summed E-state index contributed by atoms with van der Waals surface area (Å²) in [5, 5.41) is 5.18. The molecule has 0 radical (unpaired) electrons. The number of amides is 1. The number of rotatable bonds is 4. The Morgan fingerprint density at radius 3 is 2.62 bits per heavy atom. The molecule has 1 aliphatic carbocycles. The summed E-state index contributed by atoms with van der Waals surface area (Å²) in [6.07, 6.45) is 0.844. The fourth-order valence-corrected chi connectivity index (χ4v) is 3.05. The van der Waals surface area contributed by atoms with Gasteiger partial charge in [-0.05, 0) is 37.1 Å². The number of benzene rings is 1. The van der Waals surface area contributed by atoms with Gasteiger partial charge in [0.2, 0.25) is 5.95 Å². The second-order valence-electron chi connectivity index (χ2n) is 6.04. The first-order valence-corrected chi connectivity index (χ1v) is 8.48. The molecule has 1 aliphatic rings. The van der Waals surface area contributed by atoms with Crippen LogP contribution in [-0.2, 0) is 6.18 Å². The number of aromatic nitrogens is 2. The lowest BCUT2D eigenvalue weighted by Gasteiger charge is -2.13. The minimum absolute atomic E-state index is 0.0273. The van der Waals surface area contributed by atoms with Crippen molar-refractivity contribution < 1.29 is 18.0 Å².